The normalized spacial score (nSPS) is 14.5. The number of carbonyl (C=O) groups is 1. The monoisotopic (exact) mass is 634 g/mol. The SMILES string of the molecule is CSC(NCc1cccc(Cl)c1)(NOC#N)Nc1cc(N(Cc2cn3cc(C4CC4)ccc3n2)C(=O)OC(C)(C)C)ccn1. The second kappa shape index (κ2) is 13.3. The summed E-state index contributed by atoms with van der Waals surface area (Å²) in [5.41, 5.74) is 6.30. The van der Waals surface area contributed by atoms with Crippen molar-refractivity contribution < 1.29 is 14.4 Å². The predicted octanol–water partition coefficient (Wildman–Crippen LogP) is 6.38. The maximum Gasteiger partial charge on any atom is 0.415 e. The molecule has 1 aromatic carbocycles. The van der Waals surface area contributed by atoms with E-state index in [2.05, 4.69) is 33.4 Å². The van der Waals surface area contributed by atoms with Gasteiger partial charge in [-0.1, -0.05) is 35.3 Å². The number of benzene rings is 1. The van der Waals surface area contributed by atoms with Crippen LogP contribution in [0, 0.1) is 11.5 Å². The molecule has 1 aliphatic rings. The van der Waals surface area contributed by atoms with Gasteiger partial charge < -0.3 is 19.3 Å². The Balaban J connectivity index is 1.42. The molecule has 3 aromatic heterocycles. The van der Waals surface area contributed by atoms with Gasteiger partial charge in [-0.15, -0.1) is 17.0 Å². The highest BCUT2D eigenvalue weighted by Gasteiger charge is 2.31. The number of nitriles is 1. The summed E-state index contributed by atoms with van der Waals surface area (Å²) < 4.78 is 7.80. The summed E-state index contributed by atoms with van der Waals surface area (Å²) in [5.74, 6) is 1.02. The van der Waals surface area contributed by atoms with Crippen LogP contribution in [-0.2, 0) is 22.7 Å². The minimum atomic E-state index is -1.18. The van der Waals surface area contributed by atoms with Crippen LogP contribution in [0.3, 0.4) is 0 Å². The molecule has 1 fully saturated rings. The zero-order valence-electron chi connectivity index (χ0n) is 25.0. The lowest BCUT2D eigenvalue weighted by atomic mass is 10.2. The van der Waals surface area contributed by atoms with Crippen LogP contribution in [0.5, 0.6) is 0 Å². The number of pyridine rings is 2. The molecule has 3 N–H and O–H groups in total. The summed E-state index contributed by atoms with van der Waals surface area (Å²) in [6, 6.07) is 15.0. The Kier molecular flexibility index (Phi) is 9.51. The summed E-state index contributed by atoms with van der Waals surface area (Å²) in [5, 5.41) is 15.2. The standard InChI is InChI=1S/C31H35ClN8O3S/c1-30(2,3)43-29(41)40(19-25-18-39-17-23(22-8-9-22)10-11-28(39)36-25)26-12-13-34-27(15-26)37-31(44-4,38-42-20-33)35-16-21-6-5-7-24(32)14-21/h5-7,10-15,17-18,22,35,38H,8-9,16,19H2,1-4H3,(H,34,37). The average molecular weight is 635 g/mol. The number of amides is 1. The van der Waals surface area contributed by atoms with Crippen molar-refractivity contribution in [3.05, 3.63) is 89.0 Å². The number of rotatable bonds is 12. The van der Waals surface area contributed by atoms with Crippen molar-refractivity contribution in [2.45, 2.75) is 63.3 Å². The molecule has 230 valence electrons. The maximum atomic E-state index is 13.5. The van der Waals surface area contributed by atoms with Gasteiger partial charge in [0.1, 0.15) is 17.1 Å². The molecule has 0 saturated heterocycles. The van der Waals surface area contributed by atoms with Gasteiger partial charge in [0.25, 0.3) is 0 Å². The third kappa shape index (κ3) is 8.12. The fraction of sp³-hybridized carbons (Fsp3) is 0.355. The molecular weight excluding hydrogens is 600 g/mol. The highest BCUT2D eigenvalue weighted by molar-refractivity contribution is 8.00. The Bertz CT molecular complexity index is 1670. The van der Waals surface area contributed by atoms with Crippen LogP contribution in [-0.4, -0.2) is 37.4 Å². The summed E-state index contributed by atoms with van der Waals surface area (Å²) in [6.45, 7) is 6.04. The fourth-order valence-electron chi connectivity index (χ4n) is 4.61. The van der Waals surface area contributed by atoms with E-state index in [1.165, 1.54) is 35.1 Å². The van der Waals surface area contributed by atoms with Crippen molar-refractivity contribution in [1.82, 2.24) is 25.2 Å². The van der Waals surface area contributed by atoms with Gasteiger partial charge in [0.05, 0.1) is 17.9 Å². The van der Waals surface area contributed by atoms with E-state index in [1.807, 2.05) is 61.9 Å². The number of carbonyl (C=O) groups excluding carboxylic acids is 1. The van der Waals surface area contributed by atoms with Crippen molar-refractivity contribution in [3.63, 3.8) is 0 Å². The van der Waals surface area contributed by atoms with E-state index in [9.17, 15) is 4.79 Å². The molecule has 0 bridgehead atoms. The van der Waals surface area contributed by atoms with Crippen LogP contribution in [0.1, 0.15) is 56.4 Å². The molecule has 0 radical (unpaired) electrons. The number of nitrogens with zero attached hydrogens (tertiary/aromatic N) is 5. The van der Waals surface area contributed by atoms with Gasteiger partial charge in [-0.2, -0.15) is 0 Å². The van der Waals surface area contributed by atoms with E-state index in [0.29, 0.717) is 34.7 Å². The number of hydrogen-bond acceptors (Lipinski definition) is 10. The molecule has 1 aliphatic carbocycles. The van der Waals surface area contributed by atoms with Crippen LogP contribution in [0.2, 0.25) is 5.02 Å². The number of hydrogen-bond donors (Lipinski definition) is 3. The summed E-state index contributed by atoms with van der Waals surface area (Å²) in [7, 11) is 0. The van der Waals surface area contributed by atoms with Crippen molar-refractivity contribution in [1.29, 1.82) is 5.26 Å². The van der Waals surface area contributed by atoms with Gasteiger partial charge in [0, 0.05) is 36.2 Å². The summed E-state index contributed by atoms with van der Waals surface area (Å²) >= 11 is 7.48. The third-order valence-electron chi connectivity index (χ3n) is 6.84. The summed E-state index contributed by atoms with van der Waals surface area (Å²) in [4.78, 5) is 29.3. The lowest BCUT2D eigenvalue weighted by Gasteiger charge is -2.33. The number of imidazole rings is 1. The Morgan fingerprint density at radius 1 is 1.20 bits per heavy atom. The van der Waals surface area contributed by atoms with Crippen molar-refractivity contribution in [2.75, 3.05) is 16.5 Å². The second-order valence-electron chi connectivity index (χ2n) is 11.5. The van der Waals surface area contributed by atoms with E-state index in [4.69, 9.17) is 31.4 Å². The lowest BCUT2D eigenvalue weighted by Crippen LogP contribution is -2.59. The second-order valence-corrected chi connectivity index (χ2v) is 12.9. The number of fused-ring (bicyclic) bond motifs is 1. The predicted molar refractivity (Wildman–Crippen MR) is 172 cm³/mol. The van der Waals surface area contributed by atoms with Gasteiger partial charge in [-0.25, -0.2) is 14.8 Å². The van der Waals surface area contributed by atoms with Crippen LogP contribution < -0.4 is 21.0 Å². The van der Waals surface area contributed by atoms with Crippen LogP contribution >= 0.6 is 23.4 Å². The number of aromatic nitrogens is 3. The first kappa shape index (κ1) is 31.4. The molecule has 11 nitrogen and oxygen atoms in total. The van der Waals surface area contributed by atoms with E-state index in [-0.39, 0.29) is 6.54 Å². The van der Waals surface area contributed by atoms with Gasteiger partial charge in [0.2, 0.25) is 5.12 Å². The topological polar surface area (TPSA) is 129 Å². The molecule has 3 heterocycles. The molecule has 0 aliphatic heterocycles. The molecule has 0 spiro atoms. The van der Waals surface area contributed by atoms with E-state index >= 15 is 0 Å². The van der Waals surface area contributed by atoms with Gasteiger partial charge >= 0.3 is 12.3 Å². The first-order valence-corrected chi connectivity index (χ1v) is 15.8. The fourth-order valence-corrected chi connectivity index (χ4v) is 5.37. The van der Waals surface area contributed by atoms with Crippen molar-refractivity contribution >= 4 is 46.6 Å². The zero-order chi connectivity index (χ0) is 31.3. The maximum absolute atomic E-state index is 13.5. The molecule has 44 heavy (non-hydrogen) atoms. The highest BCUT2D eigenvalue weighted by Crippen LogP contribution is 2.40. The first-order chi connectivity index (χ1) is 21.1. The molecule has 5 rings (SSSR count). The van der Waals surface area contributed by atoms with Crippen LogP contribution in [0.15, 0.2) is 67.1 Å². The number of halogens is 1. The average Bonchev–Trinajstić information content (AvgIpc) is 3.76. The van der Waals surface area contributed by atoms with Crippen LogP contribution in [0.4, 0.5) is 16.3 Å². The third-order valence-corrected chi connectivity index (χ3v) is 8.02. The Hall–Kier alpha value is -4.02. The lowest BCUT2D eigenvalue weighted by molar-refractivity contribution is 0.0577. The number of nitrogens with one attached hydrogen (secondary N) is 3. The Morgan fingerprint density at radius 3 is 2.73 bits per heavy atom. The highest BCUT2D eigenvalue weighted by atomic mass is 35.5. The number of anilines is 2. The molecule has 1 unspecified atom stereocenters. The summed E-state index contributed by atoms with van der Waals surface area (Å²) in [6.07, 6.45) is 11.0. The van der Waals surface area contributed by atoms with E-state index in [0.717, 1.165) is 11.2 Å². The zero-order valence-corrected chi connectivity index (χ0v) is 26.6. The number of thioether (sulfide) groups is 1. The van der Waals surface area contributed by atoms with Gasteiger partial charge in [0.15, 0.2) is 0 Å². The molecule has 1 saturated carbocycles. The molecule has 1 amide bonds. The molecule has 4 aromatic rings. The molecule has 1 atom stereocenters. The molecular formula is C31H35ClN8O3S. The quantitative estimate of drug-likeness (QED) is 0.0917. The Labute approximate surface area is 265 Å². The van der Waals surface area contributed by atoms with Crippen molar-refractivity contribution in [2.24, 2.45) is 0 Å². The molecule has 13 heteroatoms. The van der Waals surface area contributed by atoms with Crippen LogP contribution in [0.25, 0.3) is 5.65 Å². The van der Waals surface area contributed by atoms with E-state index < -0.39 is 16.8 Å². The van der Waals surface area contributed by atoms with Gasteiger partial charge in [-0.05, 0) is 81.2 Å². The van der Waals surface area contributed by atoms with Gasteiger partial charge in [-0.3, -0.25) is 10.2 Å². The smallest absolute Gasteiger partial charge is 0.415 e. The first-order valence-electron chi connectivity index (χ1n) is 14.2. The largest absolute Gasteiger partial charge is 0.443 e. The minimum absolute atomic E-state index is 0.176. The number of ether oxygens (including phenoxy) is 1. The van der Waals surface area contributed by atoms with E-state index in [1.54, 1.807) is 30.7 Å². The van der Waals surface area contributed by atoms with Crippen molar-refractivity contribution in [3.8, 4) is 6.26 Å². The number of hydroxylamine groups is 1. The Morgan fingerprint density at radius 2 is 2.02 bits per heavy atom. The minimum Gasteiger partial charge on any atom is -0.443 e.